The summed E-state index contributed by atoms with van der Waals surface area (Å²) in [5, 5.41) is 6.66. The van der Waals surface area contributed by atoms with Gasteiger partial charge in [0, 0.05) is 18.3 Å². The molecule has 0 spiro atoms. The molecule has 0 bridgehead atoms. The van der Waals surface area contributed by atoms with Gasteiger partial charge >= 0.3 is 0 Å². The maximum atomic E-state index is 4.44. The first kappa shape index (κ1) is 14.3. The Labute approximate surface area is 120 Å². The largest absolute Gasteiger partial charge is 0.370 e. The quantitative estimate of drug-likeness (QED) is 0.863. The summed E-state index contributed by atoms with van der Waals surface area (Å²) in [6.07, 6.45) is 1.07. The summed E-state index contributed by atoms with van der Waals surface area (Å²) in [6, 6.07) is 8.29. The van der Waals surface area contributed by atoms with E-state index in [9.17, 15) is 0 Å². The van der Waals surface area contributed by atoms with Gasteiger partial charge in [0.1, 0.15) is 17.5 Å². The average molecular weight is 270 g/mol. The fourth-order valence-electron chi connectivity index (χ4n) is 2.07. The van der Waals surface area contributed by atoms with E-state index in [1.54, 1.807) is 0 Å². The van der Waals surface area contributed by atoms with Crippen LogP contribution in [0.4, 0.5) is 17.3 Å². The van der Waals surface area contributed by atoms with E-state index in [4.69, 9.17) is 0 Å². The molecule has 20 heavy (non-hydrogen) atoms. The van der Waals surface area contributed by atoms with Crippen LogP contribution in [0.5, 0.6) is 0 Å². The zero-order chi connectivity index (χ0) is 14.5. The van der Waals surface area contributed by atoms with Crippen molar-refractivity contribution in [3.63, 3.8) is 0 Å². The van der Waals surface area contributed by atoms with Crippen LogP contribution in [-0.2, 0) is 0 Å². The highest BCUT2D eigenvalue weighted by molar-refractivity contribution is 5.62. The van der Waals surface area contributed by atoms with E-state index in [1.165, 1.54) is 11.1 Å². The smallest absolute Gasteiger partial charge is 0.136 e. The van der Waals surface area contributed by atoms with Crippen LogP contribution in [-0.4, -0.2) is 16.5 Å². The highest BCUT2D eigenvalue weighted by Crippen LogP contribution is 2.21. The van der Waals surface area contributed by atoms with E-state index in [-0.39, 0.29) is 0 Å². The van der Waals surface area contributed by atoms with Gasteiger partial charge in [0.2, 0.25) is 0 Å². The lowest BCUT2D eigenvalue weighted by molar-refractivity contribution is 0.955. The van der Waals surface area contributed by atoms with Gasteiger partial charge in [0.25, 0.3) is 0 Å². The summed E-state index contributed by atoms with van der Waals surface area (Å²) in [5.74, 6) is 2.45. The van der Waals surface area contributed by atoms with Crippen LogP contribution < -0.4 is 10.6 Å². The maximum Gasteiger partial charge on any atom is 0.136 e. The summed E-state index contributed by atoms with van der Waals surface area (Å²) in [6.45, 7) is 9.15. The number of hydrogen-bond donors (Lipinski definition) is 2. The van der Waals surface area contributed by atoms with Crippen molar-refractivity contribution in [2.75, 3.05) is 17.2 Å². The van der Waals surface area contributed by atoms with Crippen LogP contribution in [0.1, 0.15) is 30.3 Å². The third-order valence-corrected chi connectivity index (χ3v) is 3.04. The second kappa shape index (κ2) is 6.37. The van der Waals surface area contributed by atoms with Crippen molar-refractivity contribution >= 4 is 17.3 Å². The highest BCUT2D eigenvalue weighted by Gasteiger charge is 2.04. The minimum Gasteiger partial charge on any atom is -0.370 e. The lowest BCUT2D eigenvalue weighted by Crippen LogP contribution is -2.05. The van der Waals surface area contributed by atoms with Crippen molar-refractivity contribution in [1.82, 2.24) is 9.97 Å². The van der Waals surface area contributed by atoms with E-state index < -0.39 is 0 Å². The third kappa shape index (κ3) is 3.70. The zero-order valence-corrected chi connectivity index (χ0v) is 12.6. The SMILES string of the molecule is CCCNc1cc(Nc2ccc(C)cc2C)nc(C)n1. The molecule has 0 aliphatic rings. The number of nitrogens with one attached hydrogen (secondary N) is 2. The molecule has 0 unspecified atom stereocenters. The fourth-order valence-corrected chi connectivity index (χ4v) is 2.07. The summed E-state index contributed by atoms with van der Waals surface area (Å²) < 4.78 is 0. The molecule has 4 heteroatoms. The van der Waals surface area contributed by atoms with Crippen molar-refractivity contribution in [3.8, 4) is 0 Å². The number of anilines is 3. The van der Waals surface area contributed by atoms with Crippen LogP contribution in [0.25, 0.3) is 0 Å². The number of aromatic nitrogens is 2. The second-order valence-electron chi connectivity index (χ2n) is 5.06. The lowest BCUT2D eigenvalue weighted by Gasteiger charge is -2.12. The molecule has 0 radical (unpaired) electrons. The summed E-state index contributed by atoms with van der Waals surface area (Å²) in [4.78, 5) is 8.83. The summed E-state index contributed by atoms with van der Waals surface area (Å²) in [7, 11) is 0. The lowest BCUT2D eigenvalue weighted by atomic mass is 10.1. The molecule has 0 aliphatic heterocycles. The molecule has 2 rings (SSSR count). The molecule has 2 aromatic rings. The van der Waals surface area contributed by atoms with Gasteiger partial charge in [-0.05, 0) is 38.8 Å². The van der Waals surface area contributed by atoms with Gasteiger partial charge in [-0.25, -0.2) is 9.97 Å². The standard InChI is InChI=1S/C16H22N4/c1-5-8-17-15-10-16(19-13(4)18-15)20-14-7-6-11(2)9-12(14)3/h6-7,9-10H,5,8H2,1-4H3,(H2,17,18,19,20). The first-order chi connectivity index (χ1) is 9.58. The zero-order valence-electron chi connectivity index (χ0n) is 12.6. The molecule has 4 nitrogen and oxygen atoms in total. The van der Waals surface area contributed by atoms with E-state index >= 15 is 0 Å². The topological polar surface area (TPSA) is 49.8 Å². The van der Waals surface area contributed by atoms with Gasteiger partial charge in [-0.3, -0.25) is 0 Å². The molecule has 1 aromatic heterocycles. The second-order valence-corrected chi connectivity index (χ2v) is 5.06. The Hall–Kier alpha value is -2.10. The Balaban J connectivity index is 2.21. The van der Waals surface area contributed by atoms with Crippen LogP contribution in [0, 0.1) is 20.8 Å². The summed E-state index contributed by atoms with van der Waals surface area (Å²) in [5.41, 5.74) is 3.55. The molecule has 0 amide bonds. The Morgan fingerprint density at radius 1 is 1.00 bits per heavy atom. The number of aryl methyl sites for hydroxylation is 3. The van der Waals surface area contributed by atoms with Crippen LogP contribution in [0.3, 0.4) is 0 Å². The molecule has 1 heterocycles. The van der Waals surface area contributed by atoms with Gasteiger partial charge < -0.3 is 10.6 Å². The highest BCUT2D eigenvalue weighted by atomic mass is 15.1. The van der Waals surface area contributed by atoms with Gasteiger partial charge in [-0.2, -0.15) is 0 Å². The Kier molecular flexibility index (Phi) is 4.56. The molecule has 0 fully saturated rings. The minimum atomic E-state index is 0.762. The number of nitrogens with zero attached hydrogens (tertiary/aromatic N) is 2. The van der Waals surface area contributed by atoms with Crippen molar-refractivity contribution in [3.05, 3.63) is 41.2 Å². The Bertz CT molecular complexity index is 593. The van der Waals surface area contributed by atoms with Crippen molar-refractivity contribution in [2.45, 2.75) is 34.1 Å². The van der Waals surface area contributed by atoms with Crippen LogP contribution in [0.15, 0.2) is 24.3 Å². The predicted octanol–water partition coefficient (Wildman–Crippen LogP) is 3.97. The van der Waals surface area contributed by atoms with Gasteiger partial charge in [-0.15, -0.1) is 0 Å². The van der Waals surface area contributed by atoms with Crippen molar-refractivity contribution < 1.29 is 0 Å². The average Bonchev–Trinajstić information content (AvgIpc) is 2.39. The Morgan fingerprint density at radius 3 is 2.45 bits per heavy atom. The Morgan fingerprint density at radius 2 is 1.75 bits per heavy atom. The summed E-state index contributed by atoms with van der Waals surface area (Å²) >= 11 is 0. The van der Waals surface area contributed by atoms with Gasteiger partial charge in [0.15, 0.2) is 0 Å². The molecule has 0 saturated heterocycles. The van der Waals surface area contributed by atoms with Crippen molar-refractivity contribution in [2.24, 2.45) is 0 Å². The first-order valence-corrected chi connectivity index (χ1v) is 7.02. The molecule has 2 N–H and O–H groups in total. The number of hydrogen-bond acceptors (Lipinski definition) is 4. The number of benzene rings is 1. The van der Waals surface area contributed by atoms with E-state index in [1.807, 2.05) is 13.0 Å². The molecule has 0 atom stereocenters. The van der Waals surface area contributed by atoms with E-state index in [0.29, 0.717) is 0 Å². The van der Waals surface area contributed by atoms with Crippen LogP contribution >= 0.6 is 0 Å². The van der Waals surface area contributed by atoms with Crippen LogP contribution in [0.2, 0.25) is 0 Å². The minimum absolute atomic E-state index is 0.762. The van der Waals surface area contributed by atoms with E-state index in [0.717, 1.165) is 36.1 Å². The molecular formula is C16H22N4. The maximum absolute atomic E-state index is 4.44. The number of rotatable bonds is 5. The predicted molar refractivity (Wildman–Crippen MR) is 84.7 cm³/mol. The van der Waals surface area contributed by atoms with Gasteiger partial charge in [-0.1, -0.05) is 24.6 Å². The van der Waals surface area contributed by atoms with Gasteiger partial charge in [0.05, 0.1) is 0 Å². The molecule has 1 aromatic carbocycles. The van der Waals surface area contributed by atoms with E-state index in [2.05, 4.69) is 59.6 Å². The first-order valence-electron chi connectivity index (χ1n) is 7.02. The molecule has 0 saturated carbocycles. The van der Waals surface area contributed by atoms with Crippen molar-refractivity contribution in [1.29, 1.82) is 0 Å². The molecular weight excluding hydrogens is 248 g/mol. The normalized spacial score (nSPS) is 10.4. The molecule has 106 valence electrons. The monoisotopic (exact) mass is 270 g/mol. The third-order valence-electron chi connectivity index (χ3n) is 3.04. The molecule has 0 aliphatic carbocycles. The fraction of sp³-hybridized carbons (Fsp3) is 0.375.